The van der Waals surface area contributed by atoms with Gasteiger partial charge < -0.3 is 9.88 Å². The maximum absolute atomic E-state index is 13.5. The van der Waals surface area contributed by atoms with Crippen molar-refractivity contribution in [3.05, 3.63) is 102 Å². The summed E-state index contributed by atoms with van der Waals surface area (Å²) < 4.78 is 15.5. The molecule has 1 aromatic heterocycles. The summed E-state index contributed by atoms with van der Waals surface area (Å²) in [7, 11) is 0. The van der Waals surface area contributed by atoms with Crippen LogP contribution in [0.4, 0.5) is 4.39 Å². The van der Waals surface area contributed by atoms with Crippen LogP contribution >= 0.6 is 0 Å². The lowest BCUT2D eigenvalue weighted by atomic mass is 9.95. The van der Waals surface area contributed by atoms with Gasteiger partial charge >= 0.3 is 0 Å². The molecule has 0 radical (unpaired) electrons. The largest absolute Gasteiger partial charge is 0.349 e. The molecule has 3 heterocycles. The van der Waals surface area contributed by atoms with Crippen LogP contribution in [0.5, 0.6) is 0 Å². The number of aromatic nitrogens is 1. The topological polar surface area (TPSA) is 37.3 Å². The number of rotatable bonds is 5. The Morgan fingerprint density at radius 3 is 2.38 bits per heavy atom. The van der Waals surface area contributed by atoms with E-state index >= 15 is 0 Å². The van der Waals surface area contributed by atoms with Crippen molar-refractivity contribution in [2.75, 3.05) is 0 Å². The monoisotopic (exact) mass is 453 g/mol. The van der Waals surface area contributed by atoms with Gasteiger partial charge in [0.25, 0.3) is 5.91 Å². The Hall–Kier alpha value is -3.44. The zero-order valence-electron chi connectivity index (χ0n) is 19.0. The fraction of sp³-hybridized carbons (Fsp3) is 0.276. The maximum atomic E-state index is 13.5. The first-order chi connectivity index (χ1) is 16.6. The lowest BCUT2D eigenvalue weighted by Crippen LogP contribution is -2.50. The van der Waals surface area contributed by atoms with Crippen LogP contribution in [-0.4, -0.2) is 33.5 Å². The Morgan fingerprint density at radius 2 is 1.59 bits per heavy atom. The van der Waals surface area contributed by atoms with Crippen LogP contribution in [0, 0.1) is 5.82 Å². The van der Waals surface area contributed by atoms with E-state index < -0.39 is 0 Å². The minimum atomic E-state index is -0.196. The van der Waals surface area contributed by atoms with Gasteiger partial charge in [0.15, 0.2) is 0 Å². The van der Waals surface area contributed by atoms with Crippen LogP contribution in [0.25, 0.3) is 16.5 Å². The first-order valence-corrected chi connectivity index (χ1v) is 12.1. The summed E-state index contributed by atoms with van der Waals surface area (Å²) in [6, 6.07) is 24.2. The summed E-state index contributed by atoms with van der Waals surface area (Å²) in [5, 5.41) is 5.35. The molecule has 3 aromatic carbocycles. The zero-order valence-corrected chi connectivity index (χ0v) is 19.0. The molecule has 2 bridgehead atoms. The third-order valence-corrected chi connectivity index (χ3v) is 7.48. The predicted molar refractivity (Wildman–Crippen MR) is 133 cm³/mol. The summed E-state index contributed by atoms with van der Waals surface area (Å²) in [6.45, 7) is 0.903. The number of benzene rings is 3. The van der Waals surface area contributed by atoms with Crippen molar-refractivity contribution < 1.29 is 9.18 Å². The van der Waals surface area contributed by atoms with Crippen LogP contribution in [0.15, 0.2) is 85.2 Å². The molecule has 0 aliphatic carbocycles. The molecule has 2 aliphatic heterocycles. The molecule has 0 spiro atoms. The Labute approximate surface area is 199 Å². The number of para-hydroxylation sites is 1. The van der Waals surface area contributed by atoms with Crippen molar-refractivity contribution in [2.45, 2.75) is 50.4 Å². The van der Waals surface area contributed by atoms with Crippen LogP contribution in [0.2, 0.25) is 0 Å². The average Bonchev–Trinajstić information content (AvgIpc) is 3.46. The third kappa shape index (κ3) is 4.01. The van der Waals surface area contributed by atoms with Gasteiger partial charge in [-0.3, -0.25) is 9.69 Å². The van der Waals surface area contributed by atoms with Crippen molar-refractivity contribution >= 4 is 16.7 Å². The summed E-state index contributed by atoms with van der Waals surface area (Å²) in [5.41, 5.74) is 2.88. The standard InChI is InChI=1S/C29H28FN3O/c30-23-10-9-21-15-20(7-8-22(21)16-23)19-33-25-11-12-26(33)18-24(17-25)31-29(34)27-5-1-2-6-28(27)32-13-3-4-14-32/h1-10,13-16,24-26H,11-12,17-19H2,(H,31,34)/t25-,26-/m1/s1. The number of carbonyl (C=O) groups excluding carboxylic acids is 1. The molecule has 4 aromatic rings. The SMILES string of the molecule is O=C(NC1C[C@H]2CC[C@H](C1)N2Cc1ccc2cc(F)ccc2c1)c1ccccc1-n1cccc1. The number of carbonyl (C=O) groups is 1. The molecule has 5 heteroatoms. The number of amides is 1. The predicted octanol–water partition coefficient (Wildman–Crippen LogP) is 5.70. The minimum absolute atomic E-state index is 0.00362. The molecule has 1 N–H and O–H groups in total. The lowest BCUT2D eigenvalue weighted by Gasteiger charge is -2.39. The van der Waals surface area contributed by atoms with Crippen molar-refractivity contribution in [3.8, 4) is 5.69 Å². The number of fused-ring (bicyclic) bond motifs is 3. The quantitative estimate of drug-likeness (QED) is 0.421. The molecular formula is C29H28FN3O. The first kappa shape index (κ1) is 21.1. The van der Waals surface area contributed by atoms with E-state index in [0.29, 0.717) is 17.6 Å². The molecule has 2 saturated heterocycles. The summed E-state index contributed by atoms with van der Waals surface area (Å²) in [6.07, 6.45) is 8.24. The highest BCUT2D eigenvalue weighted by Gasteiger charge is 2.41. The fourth-order valence-electron chi connectivity index (χ4n) is 5.87. The van der Waals surface area contributed by atoms with Crippen molar-refractivity contribution in [3.63, 3.8) is 0 Å². The number of hydrogen-bond donors (Lipinski definition) is 1. The Balaban J connectivity index is 1.14. The number of piperidine rings is 1. The van der Waals surface area contributed by atoms with E-state index in [-0.39, 0.29) is 17.8 Å². The van der Waals surface area contributed by atoms with Gasteiger partial charge in [-0.05, 0) is 84.5 Å². The fourth-order valence-corrected chi connectivity index (χ4v) is 5.87. The van der Waals surface area contributed by atoms with E-state index in [1.54, 1.807) is 6.07 Å². The van der Waals surface area contributed by atoms with Gasteiger partial charge in [-0.15, -0.1) is 0 Å². The van der Waals surface area contributed by atoms with E-state index in [0.717, 1.165) is 35.8 Å². The maximum Gasteiger partial charge on any atom is 0.253 e. The molecule has 0 unspecified atom stereocenters. The van der Waals surface area contributed by atoms with Crippen molar-refractivity contribution in [1.29, 1.82) is 0 Å². The van der Waals surface area contributed by atoms with Gasteiger partial charge in [0, 0.05) is 37.1 Å². The Kier molecular flexibility index (Phi) is 5.42. The zero-order chi connectivity index (χ0) is 23.1. The lowest BCUT2D eigenvalue weighted by molar-refractivity contribution is 0.0828. The van der Waals surface area contributed by atoms with Gasteiger partial charge in [0.05, 0.1) is 11.3 Å². The Morgan fingerprint density at radius 1 is 0.882 bits per heavy atom. The van der Waals surface area contributed by atoms with Crippen molar-refractivity contribution in [1.82, 2.24) is 14.8 Å². The molecular weight excluding hydrogens is 425 g/mol. The first-order valence-electron chi connectivity index (χ1n) is 12.1. The van der Waals surface area contributed by atoms with Gasteiger partial charge in [-0.25, -0.2) is 4.39 Å². The molecule has 1 amide bonds. The highest BCUT2D eigenvalue weighted by molar-refractivity contribution is 5.98. The van der Waals surface area contributed by atoms with Crippen LogP contribution in [-0.2, 0) is 6.54 Å². The summed E-state index contributed by atoms with van der Waals surface area (Å²) >= 11 is 0. The summed E-state index contributed by atoms with van der Waals surface area (Å²) in [5.74, 6) is -0.192. The molecule has 6 rings (SSSR count). The smallest absolute Gasteiger partial charge is 0.253 e. The molecule has 2 fully saturated rings. The molecule has 172 valence electrons. The number of nitrogens with zero attached hydrogens (tertiary/aromatic N) is 2. The van der Waals surface area contributed by atoms with E-state index in [2.05, 4.69) is 22.3 Å². The normalized spacial score (nSPS) is 22.2. The highest BCUT2D eigenvalue weighted by atomic mass is 19.1. The van der Waals surface area contributed by atoms with Gasteiger partial charge in [0.2, 0.25) is 0 Å². The molecule has 4 nitrogen and oxygen atoms in total. The third-order valence-electron chi connectivity index (χ3n) is 7.48. The van der Waals surface area contributed by atoms with E-state index in [4.69, 9.17) is 0 Å². The molecule has 0 saturated carbocycles. The van der Waals surface area contributed by atoms with E-state index in [1.165, 1.54) is 24.5 Å². The second kappa shape index (κ2) is 8.73. The van der Waals surface area contributed by atoms with Crippen molar-refractivity contribution in [2.24, 2.45) is 0 Å². The van der Waals surface area contributed by atoms with Crippen LogP contribution in [0.1, 0.15) is 41.6 Å². The van der Waals surface area contributed by atoms with Gasteiger partial charge in [-0.1, -0.05) is 30.3 Å². The molecule has 2 atom stereocenters. The summed E-state index contributed by atoms with van der Waals surface area (Å²) in [4.78, 5) is 15.8. The molecule has 34 heavy (non-hydrogen) atoms. The number of hydrogen-bond acceptors (Lipinski definition) is 2. The highest BCUT2D eigenvalue weighted by Crippen LogP contribution is 2.37. The van der Waals surface area contributed by atoms with Gasteiger partial charge in [0.1, 0.15) is 5.82 Å². The van der Waals surface area contributed by atoms with Gasteiger partial charge in [-0.2, -0.15) is 0 Å². The Bertz CT molecular complexity index is 1320. The second-order valence-corrected chi connectivity index (χ2v) is 9.63. The second-order valence-electron chi connectivity index (χ2n) is 9.63. The molecule has 2 aliphatic rings. The van der Waals surface area contributed by atoms with Crippen LogP contribution < -0.4 is 5.32 Å². The number of halogens is 1. The number of nitrogens with one attached hydrogen (secondary N) is 1. The van der Waals surface area contributed by atoms with E-state index in [1.807, 2.05) is 65.5 Å². The average molecular weight is 454 g/mol. The van der Waals surface area contributed by atoms with Crippen LogP contribution in [0.3, 0.4) is 0 Å². The minimum Gasteiger partial charge on any atom is -0.349 e. The van der Waals surface area contributed by atoms with E-state index in [9.17, 15) is 9.18 Å².